The number of aryl methyl sites for hydroxylation is 1. The van der Waals surface area contributed by atoms with Gasteiger partial charge in [-0.2, -0.15) is 0 Å². The fourth-order valence-corrected chi connectivity index (χ4v) is 5.26. The summed E-state index contributed by atoms with van der Waals surface area (Å²) in [6.07, 6.45) is 1.77. The Morgan fingerprint density at radius 3 is 2.44 bits per heavy atom. The number of amides is 3. The third kappa shape index (κ3) is 5.35. The lowest BCUT2D eigenvalue weighted by molar-refractivity contribution is -0.110. The van der Waals surface area contributed by atoms with Gasteiger partial charge in [0.05, 0.1) is 17.2 Å². The molecular formula is C30H32ClN5O3. The van der Waals surface area contributed by atoms with Crippen LogP contribution in [0, 0.1) is 13.8 Å². The predicted molar refractivity (Wildman–Crippen MR) is 154 cm³/mol. The van der Waals surface area contributed by atoms with Crippen molar-refractivity contribution in [2.45, 2.75) is 26.8 Å². The molecule has 2 aliphatic rings. The van der Waals surface area contributed by atoms with Gasteiger partial charge in [0.1, 0.15) is 0 Å². The standard InChI is InChI=1S/C30H32ClN5O3/c1-17-26(32-19(3)27(17)30(39)36-13-11-35(4)12-14-36)16-24-23-15-21(7-10-25(23)34-29(24)38)28(37)33-18(2)20-5-8-22(31)9-6-20/h5-10,15-16,18,32H,11-14H2,1-4H3,(H,33,37)(H,34,38)/t18-/m1/s1. The number of carbonyl (C=O) groups excluding carboxylic acids is 3. The summed E-state index contributed by atoms with van der Waals surface area (Å²) < 4.78 is 0. The first-order valence-corrected chi connectivity index (χ1v) is 13.4. The van der Waals surface area contributed by atoms with E-state index in [1.807, 2.05) is 37.8 Å². The van der Waals surface area contributed by atoms with Crippen LogP contribution in [0.3, 0.4) is 0 Å². The Hall–Kier alpha value is -3.88. The van der Waals surface area contributed by atoms with E-state index in [0.29, 0.717) is 51.8 Å². The first kappa shape index (κ1) is 26.7. The molecule has 2 aromatic carbocycles. The molecule has 0 saturated carbocycles. The maximum atomic E-state index is 13.3. The number of hydrogen-bond acceptors (Lipinski definition) is 4. The Kier molecular flexibility index (Phi) is 7.34. The number of fused-ring (bicyclic) bond motifs is 1. The number of aromatic nitrogens is 1. The average Bonchev–Trinajstić information content (AvgIpc) is 3.38. The molecule has 5 rings (SSSR count). The van der Waals surface area contributed by atoms with E-state index in [9.17, 15) is 14.4 Å². The quantitative estimate of drug-likeness (QED) is 0.406. The van der Waals surface area contributed by atoms with Gasteiger partial charge < -0.3 is 25.4 Å². The SMILES string of the molecule is Cc1[nH]c(C=C2C(=O)Nc3ccc(C(=O)N[C@H](C)c4ccc(Cl)cc4)cc32)c(C)c1C(=O)N1CCN(C)CC1. The largest absolute Gasteiger partial charge is 0.358 e. The Morgan fingerprint density at radius 2 is 1.74 bits per heavy atom. The molecule has 9 heteroatoms. The highest BCUT2D eigenvalue weighted by Crippen LogP contribution is 2.35. The van der Waals surface area contributed by atoms with Crippen LogP contribution in [-0.4, -0.2) is 65.7 Å². The zero-order valence-electron chi connectivity index (χ0n) is 22.5. The predicted octanol–water partition coefficient (Wildman–Crippen LogP) is 4.66. The number of nitrogens with zero attached hydrogens (tertiary/aromatic N) is 2. The minimum absolute atomic E-state index is 0.00374. The minimum Gasteiger partial charge on any atom is -0.358 e. The van der Waals surface area contributed by atoms with Crippen LogP contribution in [0.15, 0.2) is 42.5 Å². The third-order valence-corrected chi connectivity index (χ3v) is 7.80. The maximum absolute atomic E-state index is 13.3. The molecule has 3 heterocycles. The van der Waals surface area contributed by atoms with Gasteiger partial charge in [-0.15, -0.1) is 0 Å². The normalized spacial score (nSPS) is 17.2. The number of halogens is 1. The van der Waals surface area contributed by atoms with Gasteiger partial charge in [-0.1, -0.05) is 23.7 Å². The molecule has 3 amide bonds. The van der Waals surface area contributed by atoms with E-state index in [4.69, 9.17) is 11.6 Å². The summed E-state index contributed by atoms with van der Waals surface area (Å²) in [7, 11) is 2.05. The summed E-state index contributed by atoms with van der Waals surface area (Å²) >= 11 is 5.98. The van der Waals surface area contributed by atoms with E-state index in [2.05, 4.69) is 27.6 Å². The fourth-order valence-electron chi connectivity index (χ4n) is 5.14. The van der Waals surface area contributed by atoms with Gasteiger partial charge in [0.2, 0.25) is 0 Å². The molecule has 1 fully saturated rings. The number of aromatic amines is 1. The van der Waals surface area contributed by atoms with Gasteiger partial charge >= 0.3 is 0 Å². The van der Waals surface area contributed by atoms with Gasteiger partial charge in [-0.25, -0.2) is 0 Å². The Morgan fingerprint density at radius 1 is 1.05 bits per heavy atom. The summed E-state index contributed by atoms with van der Waals surface area (Å²) in [5, 5.41) is 6.52. The van der Waals surface area contributed by atoms with Gasteiger partial charge in [-0.05, 0) is 75.4 Å². The van der Waals surface area contributed by atoms with Gasteiger partial charge in [0.25, 0.3) is 17.7 Å². The first-order chi connectivity index (χ1) is 18.6. The number of anilines is 1. The van der Waals surface area contributed by atoms with Crippen LogP contribution in [0.5, 0.6) is 0 Å². The fraction of sp³-hybridized carbons (Fsp3) is 0.300. The molecule has 3 N–H and O–H groups in total. The molecular weight excluding hydrogens is 514 g/mol. The van der Waals surface area contributed by atoms with Crippen LogP contribution < -0.4 is 10.6 Å². The van der Waals surface area contributed by atoms with Crippen molar-refractivity contribution < 1.29 is 14.4 Å². The number of piperazine rings is 1. The molecule has 2 aliphatic heterocycles. The summed E-state index contributed by atoms with van der Waals surface area (Å²) in [4.78, 5) is 46.7. The van der Waals surface area contributed by atoms with Crippen molar-refractivity contribution in [1.82, 2.24) is 20.1 Å². The molecule has 1 aromatic heterocycles. The van der Waals surface area contributed by atoms with Crippen LogP contribution in [0.1, 0.15) is 61.8 Å². The van der Waals surface area contributed by atoms with Crippen molar-refractivity contribution in [3.05, 3.63) is 86.7 Å². The lowest BCUT2D eigenvalue weighted by atomic mass is 10.0. The van der Waals surface area contributed by atoms with Gasteiger partial charge in [0.15, 0.2) is 0 Å². The van der Waals surface area contributed by atoms with Crippen LogP contribution in [0.2, 0.25) is 5.02 Å². The Balaban J connectivity index is 1.40. The van der Waals surface area contributed by atoms with E-state index in [-0.39, 0.29) is 23.8 Å². The van der Waals surface area contributed by atoms with E-state index in [0.717, 1.165) is 29.9 Å². The molecule has 0 aliphatic carbocycles. The maximum Gasteiger partial charge on any atom is 0.256 e. The van der Waals surface area contributed by atoms with Crippen LogP contribution in [0.25, 0.3) is 11.6 Å². The third-order valence-electron chi connectivity index (χ3n) is 7.55. The molecule has 3 aromatic rings. The lowest BCUT2D eigenvalue weighted by Gasteiger charge is -2.32. The van der Waals surface area contributed by atoms with Crippen LogP contribution in [-0.2, 0) is 4.79 Å². The van der Waals surface area contributed by atoms with E-state index >= 15 is 0 Å². The van der Waals surface area contributed by atoms with E-state index in [1.54, 1.807) is 36.4 Å². The number of nitrogens with one attached hydrogen (secondary N) is 3. The average molecular weight is 546 g/mol. The highest BCUT2D eigenvalue weighted by Gasteiger charge is 2.28. The molecule has 202 valence electrons. The molecule has 39 heavy (non-hydrogen) atoms. The molecule has 8 nitrogen and oxygen atoms in total. The second-order valence-corrected chi connectivity index (χ2v) is 10.7. The van der Waals surface area contributed by atoms with Crippen LogP contribution >= 0.6 is 11.6 Å². The first-order valence-electron chi connectivity index (χ1n) is 13.0. The van der Waals surface area contributed by atoms with Gasteiger partial charge in [-0.3, -0.25) is 14.4 Å². The second kappa shape index (κ2) is 10.7. The number of hydrogen-bond donors (Lipinski definition) is 3. The summed E-state index contributed by atoms with van der Waals surface area (Å²) in [6.45, 7) is 8.75. The van der Waals surface area contributed by atoms with Crippen molar-refractivity contribution in [2.24, 2.45) is 0 Å². The zero-order chi connectivity index (χ0) is 27.8. The van der Waals surface area contributed by atoms with Crippen molar-refractivity contribution in [2.75, 3.05) is 38.5 Å². The monoisotopic (exact) mass is 545 g/mol. The lowest BCUT2D eigenvalue weighted by Crippen LogP contribution is -2.47. The number of likely N-dealkylation sites (N-methyl/N-ethyl adjacent to an activating group) is 1. The van der Waals surface area contributed by atoms with Crippen molar-refractivity contribution in [3.8, 4) is 0 Å². The van der Waals surface area contributed by atoms with Crippen molar-refractivity contribution >= 4 is 46.7 Å². The smallest absolute Gasteiger partial charge is 0.256 e. The van der Waals surface area contributed by atoms with E-state index in [1.165, 1.54) is 0 Å². The highest BCUT2D eigenvalue weighted by molar-refractivity contribution is 6.35. The Labute approximate surface area is 233 Å². The number of carbonyl (C=O) groups is 3. The summed E-state index contributed by atoms with van der Waals surface area (Å²) in [5.74, 6) is -0.495. The molecule has 0 unspecified atom stereocenters. The second-order valence-electron chi connectivity index (χ2n) is 10.3. The summed E-state index contributed by atoms with van der Waals surface area (Å²) in [5.41, 5.74) is 6.03. The molecule has 0 radical (unpaired) electrons. The highest BCUT2D eigenvalue weighted by atomic mass is 35.5. The molecule has 1 saturated heterocycles. The Bertz CT molecular complexity index is 1480. The topological polar surface area (TPSA) is 97.5 Å². The van der Waals surface area contributed by atoms with E-state index < -0.39 is 0 Å². The summed E-state index contributed by atoms with van der Waals surface area (Å²) in [6, 6.07) is 12.3. The number of rotatable bonds is 5. The molecule has 0 bridgehead atoms. The van der Waals surface area contributed by atoms with Crippen LogP contribution in [0.4, 0.5) is 5.69 Å². The van der Waals surface area contributed by atoms with Crippen molar-refractivity contribution in [1.29, 1.82) is 0 Å². The van der Waals surface area contributed by atoms with Gasteiger partial charge in [0, 0.05) is 59.4 Å². The zero-order valence-corrected chi connectivity index (χ0v) is 23.3. The van der Waals surface area contributed by atoms with Crippen molar-refractivity contribution in [3.63, 3.8) is 0 Å². The molecule has 1 atom stereocenters. The number of H-pyrrole nitrogens is 1. The molecule has 0 spiro atoms. The minimum atomic E-state index is -0.254. The number of benzene rings is 2.